The maximum Gasteiger partial charge on any atom is 0.0989 e. The molecule has 46 valence electrons. The second-order valence-electron chi connectivity index (χ2n) is 2.01. The van der Waals surface area contributed by atoms with Crippen molar-refractivity contribution < 1.29 is 4.74 Å². The van der Waals surface area contributed by atoms with E-state index in [0.717, 1.165) is 13.1 Å². The molecule has 3 nitrogen and oxygen atoms in total. The number of hydrogen-bond donors (Lipinski definition) is 2. The van der Waals surface area contributed by atoms with E-state index in [-0.39, 0.29) is 0 Å². The van der Waals surface area contributed by atoms with Crippen LogP contribution in [0.1, 0.15) is 0 Å². The van der Waals surface area contributed by atoms with Crippen LogP contribution in [0.3, 0.4) is 0 Å². The molecular formula is C4H8N2OS. The van der Waals surface area contributed by atoms with E-state index in [9.17, 15) is 0 Å². The first-order valence-corrected chi connectivity index (χ1v) is 3.55. The minimum atomic E-state index is 0.498. The largest absolute Gasteiger partial charge is 0.367 e. The molecule has 0 aliphatic carbocycles. The number of rotatable bonds is 0. The van der Waals surface area contributed by atoms with Gasteiger partial charge in [0.05, 0.1) is 12.2 Å². The van der Waals surface area contributed by atoms with Crippen molar-refractivity contribution in [3.8, 4) is 0 Å². The van der Waals surface area contributed by atoms with Crippen molar-refractivity contribution in [1.82, 2.24) is 9.44 Å². The lowest BCUT2D eigenvalue weighted by atomic mass is 10.3. The van der Waals surface area contributed by atoms with E-state index in [0.29, 0.717) is 12.2 Å². The van der Waals surface area contributed by atoms with E-state index in [1.807, 2.05) is 0 Å². The van der Waals surface area contributed by atoms with Gasteiger partial charge in [-0.05, 0) is 0 Å². The first-order valence-electron chi connectivity index (χ1n) is 2.74. The zero-order valence-electron chi connectivity index (χ0n) is 4.39. The molecule has 2 unspecified atom stereocenters. The Morgan fingerprint density at radius 2 is 1.88 bits per heavy atom. The summed E-state index contributed by atoms with van der Waals surface area (Å²) in [5.74, 6) is 0. The Morgan fingerprint density at radius 1 is 1.25 bits per heavy atom. The number of nitrogens with one attached hydrogen (secondary N) is 2. The average Bonchev–Trinajstić information content (AvgIpc) is 2.36. The Bertz CT molecular complexity index is 90.0. The SMILES string of the molecule is C1NSNCC2OC12. The summed E-state index contributed by atoms with van der Waals surface area (Å²) in [4.78, 5) is 0. The van der Waals surface area contributed by atoms with Crippen LogP contribution in [0, 0.1) is 0 Å². The Hall–Kier alpha value is 0.230. The molecule has 0 aromatic rings. The van der Waals surface area contributed by atoms with Crippen LogP contribution >= 0.6 is 12.1 Å². The van der Waals surface area contributed by atoms with Crippen LogP contribution in [-0.2, 0) is 4.74 Å². The minimum Gasteiger partial charge on any atom is -0.367 e. The van der Waals surface area contributed by atoms with Crippen LogP contribution in [0.4, 0.5) is 0 Å². The lowest BCUT2D eigenvalue weighted by Crippen LogP contribution is -2.13. The number of fused-ring (bicyclic) bond motifs is 1. The van der Waals surface area contributed by atoms with Gasteiger partial charge in [-0.15, -0.1) is 0 Å². The van der Waals surface area contributed by atoms with E-state index >= 15 is 0 Å². The van der Waals surface area contributed by atoms with Gasteiger partial charge >= 0.3 is 0 Å². The molecule has 2 aliphatic rings. The Kier molecular flexibility index (Phi) is 1.18. The molecule has 0 bridgehead atoms. The van der Waals surface area contributed by atoms with E-state index < -0.39 is 0 Å². The van der Waals surface area contributed by atoms with Crippen LogP contribution in [-0.4, -0.2) is 25.3 Å². The number of hydrogen-bond acceptors (Lipinski definition) is 4. The van der Waals surface area contributed by atoms with Crippen molar-refractivity contribution in [2.45, 2.75) is 12.2 Å². The summed E-state index contributed by atoms with van der Waals surface area (Å²) < 4.78 is 11.5. The molecule has 4 heteroatoms. The maximum atomic E-state index is 5.22. The smallest absolute Gasteiger partial charge is 0.0989 e. The van der Waals surface area contributed by atoms with Gasteiger partial charge in [0.1, 0.15) is 0 Å². The average molecular weight is 132 g/mol. The molecule has 2 atom stereocenters. The third kappa shape index (κ3) is 0.842. The maximum absolute atomic E-state index is 5.22. The Balaban J connectivity index is 1.89. The fourth-order valence-corrected chi connectivity index (χ4v) is 1.43. The van der Waals surface area contributed by atoms with E-state index in [1.165, 1.54) is 0 Å². The van der Waals surface area contributed by atoms with Gasteiger partial charge in [0.15, 0.2) is 0 Å². The highest BCUT2D eigenvalue weighted by molar-refractivity contribution is 7.95. The number of epoxide rings is 1. The van der Waals surface area contributed by atoms with Gasteiger partial charge in [-0.1, -0.05) is 0 Å². The molecule has 2 rings (SSSR count). The summed E-state index contributed by atoms with van der Waals surface area (Å²) in [6.07, 6.45) is 0.995. The van der Waals surface area contributed by atoms with E-state index in [1.54, 1.807) is 12.1 Å². The predicted molar refractivity (Wildman–Crippen MR) is 32.3 cm³/mol. The topological polar surface area (TPSA) is 36.6 Å². The molecule has 2 heterocycles. The highest BCUT2D eigenvalue weighted by Crippen LogP contribution is 2.22. The quantitative estimate of drug-likeness (QED) is 0.344. The molecule has 8 heavy (non-hydrogen) atoms. The van der Waals surface area contributed by atoms with Gasteiger partial charge in [0.2, 0.25) is 0 Å². The predicted octanol–water partition coefficient (Wildman–Crippen LogP) is -0.490. The summed E-state index contributed by atoms with van der Waals surface area (Å²) in [6, 6.07) is 0. The van der Waals surface area contributed by atoms with Crippen molar-refractivity contribution in [3.05, 3.63) is 0 Å². The third-order valence-corrected chi connectivity index (χ3v) is 2.02. The molecule has 0 radical (unpaired) electrons. The van der Waals surface area contributed by atoms with Crippen molar-refractivity contribution in [2.75, 3.05) is 13.1 Å². The van der Waals surface area contributed by atoms with Crippen LogP contribution in [0.15, 0.2) is 0 Å². The highest BCUT2D eigenvalue weighted by Gasteiger charge is 2.39. The molecule has 0 aromatic heterocycles. The molecule has 0 aromatic carbocycles. The van der Waals surface area contributed by atoms with E-state index in [4.69, 9.17) is 4.74 Å². The Labute approximate surface area is 52.4 Å². The van der Waals surface area contributed by atoms with Gasteiger partial charge in [-0.2, -0.15) is 0 Å². The molecule has 0 saturated carbocycles. The van der Waals surface area contributed by atoms with Gasteiger partial charge < -0.3 is 4.74 Å². The highest BCUT2D eigenvalue weighted by atomic mass is 32.2. The molecule has 0 amide bonds. The zero-order valence-corrected chi connectivity index (χ0v) is 5.20. The second kappa shape index (κ2) is 1.88. The molecule has 2 N–H and O–H groups in total. The molecule has 2 saturated heterocycles. The first kappa shape index (κ1) is 5.05. The van der Waals surface area contributed by atoms with Gasteiger partial charge in [-0.25, -0.2) is 9.44 Å². The summed E-state index contributed by atoms with van der Waals surface area (Å²) >= 11 is 1.57. The van der Waals surface area contributed by atoms with Crippen molar-refractivity contribution in [3.63, 3.8) is 0 Å². The van der Waals surface area contributed by atoms with Crippen LogP contribution in [0.2, 0.25) is 0 Å². The third-order valence-electron chi connectivity index (χ3n) is 1.40. The molecule has 2 fully saturated rings. The van der Waals surface area contributed by atoms with Crippen molar-refractivity contribution >= 4 is 12.1 Å². The van der Waals surface area contributed by atoms with Crippen LogP contribution in [0.25, 0.3) is 0 Å². The monoisotopic (exact) mass is 132 g/mol. The van der Waals surface area contributed by atoms with Gasteiger partial charge in [0.25, 0.3) is 0 Å². The lowest BCUT2D eigenvalue weighted by Gasteiger charge is -1.96. The van der Waals surface area contributed by atoms with Gasteiger partial charge in [0, 0.05) is 25.2 Å². The van der Waals surface area contributed by atoms with Crippen molar-refractivity contribution in [1.29, 1.82) is 0 Å². The molecule has 2 aliphatic heterocycles. The van der Waals surface area contributed by atoms with E-state index in [2.05, 4.69) is 9.44 Å². The minimum absolute atomic E-state index is 0.498. The zero-order chi connectivity index (χ0) is 5.40. The summed E-state index contributed by atoms with van der Waals surface area (Å²) in [7, 11) is 0. The van der Waals surface area contributed by atoms with Crippen LogP contribution in [0.5, 0.6) is 0 Å². The van der Waals surface area contributed by atoms with Crippen molar-refractivity contribution in [2.24, 2.45) is 0 Å². The summed E-state index contributed by atoms with van der Waals surface area (Å²) in [6.45, 7) is 1.98. The Morgan fingerprint density at radius 3 is 2.50 bits per heavy atom. The summed E-state index contributed by atoms with van der Waals surface area (Å²) in [5, 5.41) is 0. The van der Waals surface area contributed by atoms with Crippen LogP contribution < -0.4 is 9.44 Å². The standard InChI is InChI=1S/C4H8N2OS/c1-3-4(7-3)2-6-8-5-1/h3-6H,1-2H2. The normalized spacial score (nSPS) is 45.0. The molecular weight excluding hydrogens is 124 g/mol. The summed E-state index contributed by atoms with van der Waals surface area (Å²) in [5.41, 5.74) is 0. The number of ether oxygens (including phenoxy) is 1. The fraction of sp³-hybridized carbons (Fsp3) is 1.00. The van der Waals surface area contributed by atoms with Gasteiger partial charge in [-0.3, -0.25) is 0 Å². The molecule has 0 spiro atoms. The lowest BCUT2D eigenvalue weighted by molar-refractivity contribution is 0.368. The first-order chi connectivity index (χ1) is 3.97. The fourth-order valence-electron chi connectivity index (χ4n) is 0.837. The second-order valence-corrected chi connectivity index (χ2v) is 2.79.